The number of fused-ring (bicyclic) bond motifs is 1. The quantitative estimate of drug-likeness (QED) is 0.645. The maximum Gasteiger partial charge on any atom is 0.338 e. The predicted molar refractivity (Wildman–Crippen MR) is 98.8 cm³/mol. The summed E-state index contributed by atoms with van der Waals surface area (Å²) in [5, 5.41) is 4.59. The van der Waals surface area contributed by atoms with Crippen molar-refractivity contribution in [3.05, 3.63) is 48.2 Å². The van der Waals surface area contributed by atoms with Crippen LogP contribution >= 0.6 is 0 Å². The predicted octanol–water partition coefficient (Wildman–Crippen LogP) is 3.13. The van der Waals surface area contributed by atoms with Gasteiger partial charge < -0.3 is 14.2 Å². The lowest BCUT2D eigenvalue weighted by Gasteiger charge is -2.22. The van der Waals surface area contributed by atoms with Crippen LogP contribution < -0.4 is 4.74 Å². The van der Waals surface area contributed by atoms with Gasteiger partial charge in [-0.25, -0.2) is 14.3 Å². The van der Waals surface area contributed by atoms with Gasteiger partial charge in [0.15, 0.2) is 5.65 Å². The Labute approximate surface area is 156 Å². The lowest BCUT2D eigenvalue weighted by atomic mass is 10.1. The van der Waals surface area contributed by atoms with Crippen LogP contribution in [-0.2, 0) is 9.47 Å². The molecular weight excluding hydrogens is 346 g/mol. The van der Waals surface area contributed by atoms with E-state index < -0.39 is 0 Å². The van der Waals surface area contributed by atoms with Crippen LogP contribution in [0.2, 0.25) is 0 Å². The van der Waals surface area contributed by atoms with E-state index in [2.05, 4.69) is 10.1 Å². The number of hydrogen-bond donors (Lipinski definition) is 0. The summed E-state index contributed by atoms with van der Waals surface area (Å²) >= 11 is 0. The summed E-state index contributed by atoms with van der Waals surface area (Å²) < 4.78 is 18.2. The molecule has 0 bridgehead atoms. The molecule has 27 heavy (non-hydrogen) atoms. The lowest BCUT2D eigenvalue weighted by molar-refractivity contribution is 0.0232. The van der Waals surface area contributed by atoms with Gasteiger partial charge in [0.05, 0.1) is 37.3 Å². The van der Waals surface area contributed by atoms with E-state index in [-0.39, 0.29) is 12.1 Å². The van der Waals surface area contributed by atoms with Gasteiger partial charge in [0.25, 0.3) is 0 Å². The molecule has 0 amide bonds. The molecular formula is C20H21N3O4. The molecule has 2 aromatic heterocycles. The van der Waals surface area contributed by atoms with Gasteiger partial charge in [-0.05, 0) is 25.1 Å². The number of benzene rings is 1. The van der Waals surface area contributed by atoms with Crippen LogP contribution in [0.1, 0.15) is 30.1 Å². The van der Waals surface area contributed by atoms with Crippen molar-refractivity contribution in [1.29, 1.82) is 0 Å². The minimum atomic E-state index is -0.343. The molecule has 0 atom stereocenters. The second kappa shape index (κ2) is 7.75. The number of esters is 1. The molecule has 3 heterocycles. The molecule has 4 rings (SSSR count). The van der Waals surface area contributed by atoms with E-state index in [9.17, 15) is 4.79 Å². The Morgan fingerprint density at radius 3 is 2.93 bits per heavy atom. The first-order valence-electron chi connectivity index (χ1n) is 9.11. The van der Waals surface area contributed by atoms with Crippen LogP contribution in [0.15, 0.2) is 42.6 Å². The SMILES string of the molecule is CCOC(=O)c1cccc(-c2cnc3ccc(OC4CCOCC4)nn23)c1. The average molecular weight is 367 g/mol. The Balaban J connectivity index is 1.65. The molecule has 7 nitrogen and oxygen atoms in total. The van der Waals surface area contributed by atoms with E-state index in [0.717, 1.165) is 24.1 Å². The highest BCUT2D eigenvalue weighted by Crippen LogP contribution is 2.23. The molecule has 0 unspecified atom stereocenters. The zero-order chi connectivity index (χ0) is 18.6. The highest BCUT2D eigenvalue weighted by atomic mass is 16.5. The Hall–Kier alpha value is -2.93. The smallest absolute Gasteiger partial charge is 0.338 e. The van der Waals surface area contributed by atoms with Crippen LogP contribution in [0.25, 0.3) is 16.9 Å². The van der Waals surface area contributed by atoms with Crippen LogP contribution in [0.4, 0.5) is 0 Å². The number of nitrogens with zero attached hydrogens (tertiary/aromatic N) is 3. The number of ether oxygens (including phenoxy) is 3. The third kappa shape index (κ3) is 3.78. The van der Waals surface area contributed by atoms with E-state index in [4.69, 9.17) is 14.2 Å². The molecule has 0 spiro atoms. The van der Waals surface area contributed by atoms with Crippen molar-refractivity contribution < 1.29 is 19.0 Å². The van der Waals surface area contributed by atoms with E-state index in [1.807, 2.05) is 24.3 Å². The minimum absolute atomic E-state index is 0.114. The first-order chi connectivity index (χ1) is 13.2. The van der Waals surface area contributed by atoms with Crippen molar-refractivity contribution in [3.63, 3.8) is 0 Å². The second-order valence-corrected chi connectivity index (χ2v) is 6.32. The van der Waals surface area contributed by atoms with Gasteiger partial charge >= 0.3 is 5.97 Å². The zero-order valence-corrected chi connectivity index (χ0v) is 15.1. The number of carbonyl (C=O) groups is 1. The van der Waals surface area contributed by atoms with Crippen molar-refractivity contribution in [1.82, 2.24) is 14.6 Å². The summed E-state index contributed by atoms with van der Waals surface area (Å²) in [6, 6.07) is 11.0. The fourth-order valence-electron chi connectivity index (χ4n) is 3.10. The van der Waals surface area contributed by atoms with Gasteiger partial charge in [0, 0.05) is 24.5 Å². The molecule has 140 valence electrons. The number of hydrogen-bond acceptors (Lipinski definition) is 6. The van der Waals surface area contributed by atoms with E-state index >= 15 is 0 Å². The maximum atomic E-state index is 12.0. The fraction of sp³-hybridized carbons (Fsp3) is 0.350. The van der Waals surface area contributed by atoms with Crippen LogP contribution in [0.3, 0.4) is 0 Å². The van der Waals surface area contributed by atoms with Gasteiger partial charge in [-0.1, -0.05) is 12.1 Å². The molecule has 1 aliphatic rings. The van der Waals surface area contributed by atoms with Crippen molar-refractivity contribution in [3.8, 4) is 17.1 Å². The monoisotopic (exact) mass is 367 g/mol. The Bertz CT molecular complexity index is 947. The van der Waals surface area contributed by atoms with Crippen molar-refractivity contribution in [2.75, 3.05) is 19.8 Å². The summed E-state index contributed by atoms with van der Waals surface area (Å²) in [6.07, 6.45) is 3.57. The number of carbonyl (C=O) groups excluding carboxylic acids is 1. The fourth-order valence-corrected chi connectivity index (χ4v) is 3.10. The molecule has 1 aliphatic heterocycles. The molecule has 0 N–H and O–H groups in total. The molecule has 7 heteroatoms. The normalized spacial score (nSPS) is 15.0. The zero-order valence-electron chi connectivity index (χ0n) is 15.1. The summed E-state index contributed by atoms with van der Waals surface area (Å²) in [4.78, 5) is 16.4. The first kappa shape index (κ1) is 17.5. The molecule has 3 aromatic rings. The van der Waals surface area contributed by atoms with Crippen LogP contribution in [-0.4, -0.2) is 46.5 Å². The van der Waals surface area contributed by atoms with Gasteiger partial charge in [-0.3, -0.25) is 0 Å². The molecule has 1 aromatic carbocycles. The minimum Gasteiger partial charge on any atom is -0.473 e. The Morgan fingerprint density at radius 2 is 2.11 bits per heavy atom. The van der Waals surface area contributed by atoms with Crippen molar-refractivity contribution in [2.24, 2.45) is 0 Å². The Kier molecular flexibility index (Phi) is 5.02. The largest absolute Gasteiger partial charge is 0.473 e. The van der Waals surface area contributed by atoms with E-state index in [0.29, 0.717) is 36.9 Å². The lowest BCUT2D eigenvalue weighted by Crippen LogP contribution is -2.26. The number of rotatable bonds is 5. The summed E-state index contributed by atoms with van der Waals surface area (Å²) in [5.74, 6) is 0.208. The highest BCUT2D eigenvalue weighted by Gasteiger charge is 2.17. The number of imidazole rings is 1. The van der Waals surface area contributed by atoms with Gasteiger partial charge in [-0.15, -0.1) is 5.10 Å². The standard InChI is InChI=1S/C20H21N3O4/c1-2-26-20(24)15-5-3-4-14(12-15)17-13-21-18-6-7-19(22-23(17)18)27-16-8-10-25-11-9-16/h3-7,12-13,16H,2,8-11H2,1H3. The topological polar surface area (TPSA) is 75.0 Å². The summed E-state index contributed by atoms with van der Waals surface area (Å²) in [7, 11) is 0. The molecule has 1 fully saturated rings. The maximum absolute atomic E-state index is 12.0. The molecule has 0 radical (unpaired) electrons. The average Bonchev–Trinajstić information content (AvgIpc) is 3.12. The number of aromatic nitrogens is 3. The molecule has 0 saturated carbocycles. The highest BCUT2D eigenvalue weighted by molar-refractivity contribution is 5.90. The van der Waals surface area contributed by atoms with E-state index in [1.165, 1.54) is 0 Å². The molecule has 1 saturated heterocycles. The third-order valence-corrected chi connectivity index (χ3v) is 4.46. The van der Waals surface area contributed by atoms with Crippen LogP contribution in [0.5, 0.6) is 5.88 Å². The summed E-state index contributed by atoms with van der Waals surface area (Å²) in [5.41, 5.74) is 2.84. The van der Waals surface area contributed by atoms with Crippen molar-refractivity contribution in [2.45, 2.75) is 25.9 Å². The van der Waals surface area contributed by atoms with Crippen LogP contribution in [0, 0.1) is 0 Å². The summed E-state index contributed by atoms with van der Waals surface area (Å²) in [6.45, 7) is 3.55. The second-order valence-electron chi connectivity index (χ2n) is 6.32. The first-order valence-corrected chi connectivity index (χ1v) is 9.11. The molecule has 0 aliphatic carbocycles. The van der Waals surface area contributed by atoms with Gasteiger partial charge in [0.1, 0.15) is 6.10 Å². The Morgan fingerprint density at radius 1 is 1.26 bits per heavy atom. The third-order valence-electron chi connectivity index (χ3n) is 4.46. The van der Waals surface area contributed by atoms with Gasteiger partial charge in [-0.2, -0.15) is 0 Å². The van der Waals surface area contributed by atoms with Gasteiger partial charge in [0.2, 0.25) is 5.88 Å². The van der Waals surface area contributed by atoms with Crippen molar-refractivity contribution >= 4 is 11.6 Å². The van der Waals surface area contributed by atoms with E-state index in [1.54, 1.807) is 29.8 Å².